The van der Waals surface area contributed by atoms with Crippen LogP contribution in [0.1, 0.15) is 56.9 Å². The number of amides is 2. The highest BCUT2D eigenvalue weighted by atomic mass is 16.3. The van der Waals surface area contributed by atoms with Gasteiger partial charge in [-0.15, -0.1) is 0 Å². The zero-order chi connectivity index (χ0) is 21.2. The Bertz CT molecular complexity index is 996. The van der Waals surface area contributed by atoms with Gasteiger partial charge in [0.25, 0.3) is 5.91 Å². The molecule has 1 aromatic carbocycles. The number of aromatic hydroxyl groups is 1. The monoisotopic (exact) mass is 409 g/mol. The molecule has 0 spiro atoms. The number of carbonyl (C=O) groups is 2. The molecule has 3 fully saturated rings. The van der Waals surface area contributed by atoms with Gasteiger partial charge in [0.05, 0.1) is 12.1 Å². The predicted octanol–water partition coefficient (Wildman–Crippen LogP) is 3.67. The van der Waals surface area contributed by atoms with Crippen molar-refractivity contribution in [2.75, 3.05) is 6.54 Å². The van der Waals surface area contributed by atoms with Crippen LogP contribution in [0.15, 0.2) is 24.3 Å². The van der Waals surface area contributed by atoms with Gasteiger partial charge in [-0.2, -0.15) is 0 Å². The Labute approximate surface area is 177 Å². The lowest BCUT2D eigenvalue weighted by Gasteiger charge is -2.28. The maximum atomic E-state index is 13.2. The van der Waals surface area contributed by atoms with Crippen LogP contribution in [0.2, 0.25) is 0 Å². The van der Waals surface area contributed by atoms with Crippen LogP contribution >= 0.6 is 0 Å². The summed E-state index contributed by atoms with van der Waals surface area (Å²) >= 11 is 0. The number of aromatic amines is 1. The second kappa shape index (κ2) is 6.76. The number of nitrogens with zero attached hydrogens (tertiary/aromatic N) is 1. The van der Waals surface area contributed by atoms with Crippen molar-refractivity contribution in [1.29, 1.82) is 0 Å². The van der Waals surface area contributed by atoms with Crippen LogP contribution in [-0.2, 0) is 4.79 Å². The third kappa shape index (κ3) is 2.99. The first-order valence-corrected chi connectivity index (χ1v) is 11.2. The molecule has 1 saturated heterocycles. The quantitative estimate of drug-likeness (QED) is 0.720. The number of fused-ring (bicyclic) bond motifs is 2. The molecular formula is C24H31N3O3. The van der Waals surface area contributed by atoms with Crippen LogP contribution in [0.5, 0.6) is 5.75 Å². The average molecular weight is 410 g/mol. The van der Waals surface area contributed by atoms with Crippen LogP contribution in [-0.4, -0.2) is 45.4 Å². The number of carbonyl (C=O) groups excluding carboxylic acids is 2. The number of hydrogen-bond acceptors (Lipinski definition) is 3. The van der Waals surface area contributed by atoms with Gasteiger partial charge in [-0.3, -0.25) is 9.59 Å². The van der Waals surface area contributed by atoms with Crippen molar-refractivity contribution in [3.8, 4) is 5.75 Å². The number of likely N-dealkylation sites (tertiary alicyclic amines) is 1. The minimum atomic E-state index is -0.0434. The zero-order valence-electron chi connectivity index (χ0n) is 17.9. The van der Waals surface area contributed by atoms with Crippen LogP contribution in [0.4, 0.5) is 0 Å². The number of phenolic OH excluding ortho intramolecular Hbond substituents is 1. The summed E-state index contributed by atoms with van der Waals surface area (Å²) in [6.07, 6.45) is 3.62. The zero-order valence-corrected chi connectivity index (χ0v) is 17.9. The molecule has 6 heteroatoms. The first-order chi connectivity index (χ1) is 14.3. The molecule has 2 saturated carbocycles. The Morgan fingerprint density at radius 1 is 1.23 bits per heavy atom. The summed E-state index contributed by atoms with van der Waals surface area (Å²) in [5, 5.41) is 13.8. The Morgan fingerprint density at radius 2 is 1.97 bits per heavy atom. The lowest BCUT2D eigenvalue weighted by Crippen LogP contribution is -2.48. The molecule has 5 rings (SSSR count). The molecule has 3 aliphatic rings. The van der Waals surface area contributed by atoms with Gasteiger partial charge in [-0.05, 0) is 67.2 Å². The number of aromatic nitrogens is 1. The number of phenols is 1. The first kappa shape index (κ1) is 19.5. The lowest BCUT2D eigenvalue weighted by atomic mass is 9.92. The van der Waals surface area contributed by atoms with Crippen molar-refractivity contribution in [3.05, 3.63) is 30.0 Å². The molecule has 1 aromatic heterocycles. The minimum absolute atomic E-state index is 0.00800. The van der Waals surface area contributed by atoms with Gasteiger partial charge in [0.2, 0.25) is 5.91 Å². The predicted molar refractivity (Wildman–Crippen MR) is 115 cm³/mol. The highest BCUT2D eigenvalue weighted by molar-refractivity contribution is 5.98. The third-order valence-corrected chi connectivity index (χ3v) is 8.12. The van der Waals surface area contributed by atoms with E-state index < -0.39 is 0 Å². The van der Waals surface area contributed by atoms with E-state index in [4.69, 9.17) is 0 Å². The van der Waals surface area contributed by atoms with E-state index in [0.29, 0.717) is 29.5 Å². The molecule has 1 aliphatic heterocycles. The normalized spacial score (nSPS) is 31.7. The van der Waals surface area contributed by atoms with Crippen molar-refractivity contribution in [2.45, 2.75) is 58.5 Å². The molecule has 2 aromatic rings. The lowest BCUT2D eigenvalue weighted by molar-refractivity contribution is -0.126. The van der Waals surface area contributed by atoms with Gasteiger partial charge in [0, 0.05) is 23.4 Å². The highest BCUT2D eigenvalue weighted by Gasteiger charge is 2.63. The maximum absolute atomic E-state index is 13.2. The molecule has 0 radical (unpaired) electrons. The van der Waals surface area contributed by atoms with Crippen molar-refractivity contribution < 1.29 is 14.7 Å². The van der Waals surface area contributed by atoms with Crippen molar-refractivity contribution in [1.82, 2.24) is 15.2 Å². The van der Waals surface area contributed by atoms with Gasteiger partial charge < -0.3 is 20.3 Å². The third-order valence-electron chi connectivity index (χ3n) is 8.12. The standard InChI is InChI=1S/C24H31N3O3/c1-4-21-19(26-22(29)14-10-16-17(11-14)24(16,2)3)7-8-27(21)23(30)20-12-13-9-15(28)5-6-18(13)25-20/h5-6,9,12,14,16-17,19,21,25,28H,4,7-8,10-11H2,1-3H3,(H,26,29)/t14?,16-,17+,19-,21+/m0/s1. The summed E-state index contributed by atoms with van der Waals surface area (Å²) in [5.41, 5.74) is 1.78. The molecule has 2 heterocycles. The molecule has 5 atom stereocenters. The largest absolute Gasteiger partial charge is 0.508 e. The Hall–Kier alpha value is -2.50. The fourth-order valence-corrected chi connectivity index (χ4v) is 6.19. The first-order valence-electron chi connectivity index (χ1n) is 11.2. The molecule has 0 bridgehead atoms. The smallest absolute Gasteiger partial charge is 0.270 e. The maximum Gasteiger partial charge on any atom is 0.270 e. The second-order valence-corrected chi connectivity index (χ2v) is 10.0. The fraction of sp³-hybridized carbons (Fsp3) is 0.583. The Kier molecular flexibility index (Phi) is 4.38. The number of hydrogen-bond donors (Lipinski definition) is 3. The topological polar surface area (TPSA) is 85.4 Å². The molecule has 1 unspecified atom stereocenters. The Balaban J connectivity index is 1.26. The fourth-order valence-electron chi connectivity index (χ4n) is 6.19. The number of H-pyrrole nitrogens is 1. The van der Waals surface area contributed by atoms with E-state index in [2.05, 4.69) is 31.1 Å². The Morgan fingerprint density at radius 3 is 2.67 bits per heavy atom. The van der Waals surface area contributed by atoms with Gasteiger partial charge in [-0.1, -0.05) is 20.8 Å². The molecule has 30 heavy (non-hydrogen) atoms. The molecule has 2 amide bonds. The van der Waals surface area contributed by atoms with E-state index >= 15 is 0 Å². The van der Waals surface area contributed by atoms with Crippen molar-refractivity contribution >= 4 is 22.7 Å². The van der Waals surface area contributed by atoms with E-state index in [-0.39, 0.29) is 35.6 Å². The van der Waals surface area contributed by atoms with Crippen molar-refractivity contribution in [3.63, 3.8) is 0 Å². The van der Waals surface area contributed by atoms with Gasteiger partial charge in [-0.25, -0.2) is 0 Å². The highest BCUT2D eigenvalue weighted by Crippen LogP contribution is 2.68. The van der Waals surface area contributed by atoms with E-state index in [1.807, 2.05) is 4.90 Å². The summed E-state index contributed by atoms with van der Waals surface area (Å²) < 4.78 is 0. The number of benzene rings is 1. The van der Waals surface area contributed by atoms with E-state index in [9.17, 15) is 14.7 Å². The molecule has 6 nitrogen and oxygen atoms in total. The summed E-state index contributed by atoms with van der Waals surface area (Å²) in [4.78, 5) is 31.2. The summed E-state index contributed by atoms with van der Waals surface area (Å²) in [5.74, 6) is 1.87. The van der Waals surface area contributed by atoms with Crippen LogP contribution < -0.4 is 5.32 Å². The van der Waals surface area contributed by atoms with E-state index in [1.54, 1.807) is 24.3 Å². The number of rotatable bonds is 4. The minimum Gasteiger partial charge on any atom is -0.508 e. The number of nitrogens with one attached hydrogen (secondary N) is 2. The summed E-state index contributed by atoms with van der Waals surface area (Å²) in [6.45, 7) is 7.35. The summed E-state index contributed by atoms with van der Waals surface area (Å²) in [7, 11) is 0. The van der Waals surface area contributed by atoms with Gasteiger partial charge in [0.15, 0.2) is 0 Å². The molecular weight excluding hydrogens is 378 g/mol. The van der Waals surface area contributed by atoms with Crippen LogP contribution in [0.3, 0.4) is 0 Å². The summed E-state index contributed by atoms with van der Waals surface area (Å²) in [6, 6.07) is 6.86. The van der Waals surface area contributed by atoms with E-state index in [0.717, 1.165) is 36.6 Å². The SMILES string of the molecule is CC[C@@H]1[C@@H](NC(=O)C2C[C@@H]3[C@H](C2)C3(C)C)CCN1C(=O)c1cc2cc(O)ccc2[nH]1. The van der Waals surface area contributed by atoms with Crippen LogP contribution in [0.25, 0.3) is 10.9 Å². The molecule has 3 N–H and O–H groups in total. The van der Waals surface area contributed by atoms with Gasteiger partial charge in [0.1, 0.15) is 11.4 Å². The van der Waals surface area contributed by atoms with Crippen LogP contribution in [0, 0.1) is 23.2 Å². The molecule has 2 aliphatic carbocycles. The van der Waals surface area contributed by atoms with Crippen molar-refractivity contribution in [2.24, 2.45) is 23.2 Å². The molecule has 160 valence electrons. The average Bonchev–Trinajstić information content (AvgIpc) is 3.24. The van der Waals surface area contributed by atoms with Gasteiger partial charge >= 0.3 is 0 Å². The second-order valence-electron chi connectivity index (χ2n) is 10.0. The van der Waals surface area contributed by atoms with E-state index in [1.165, 1.54) is 0 Å².